The van der Waals surface area contributed by atoms with Gasteiger partial charge in [0.1, 0.15) is 5.60 Å². The molecule has 0 aromatic rings. The van der Waals surface area contributed by atoms with Crippen LogP contribution in [-0.2, 0) is 38.0 Å². The molecule has 0 aromatic carbocycles. The van der Waals surface area contributed by atoms with Crippen LogP contribution in [0.1, 0.15) is 305 Å². The van der Waals surface area contributed by atoms with E-state index in [0.29, 0.717) is 0 Å². The van der Waals surface area contributed by atoms with Crippen LogP contribution in [0.4, 0.5) is 0 Å². The third-order valence-electron chi connectivity index (χ3n) is 33.0. The van der Waals surface area contributed by atoms with Crippen LogP contribution in [0.15, 0.2) is 0 Å². The summed E-state index contributed by atoms with van der Waals surface area (Å²) in [6.07, 6.45) is 0. The Morgan fingerprint density at radius 1 is 0.203 bits per heavy atom. The maximum Gasteiger partial charge on any atom is 0.312 e. The molecular formula is C71H132O8. The van der Waals surface area contributed by atoms with E-state index in [2.05, 4.69) is 222 Å². The highest BCUT2D eigenvalue weighted by Gasteiger charge is 2.96. The molecule has 464 valence electrons. The van der Waals surface area contributed by atoms with Gasteiger partial charge in [-0.3, -0.25) is 4.79 Å². The number of ether oxygens (including phenoxy) is 7. The Bertz CT molecular complexity index is 2160. The number of carbonyl (C=O) groups is 1. The van der Waals surface area contributed by atoms with Crippen LogP contribution < -0.4 is 0 Å². The van der Waals surface area contributed by atoms with Crippen LogP contribution >= 0.6 is 0 Å². The predicted octanol–water partition coefficient (Wildman–Crippen LogP) is 19.4. The van der Waals surface area contributed by atoms with Crippen LogP contribution in [0.3, 0.4) is 0 Å². The van der Waals surface area contributed by atoms with E-state index in [1.807, 2.05) is 83.1 Å². The quantitative estimate of drug-likeness (QED) is 0.222. The molecule has 5 saturated heterocycles. The minimum atomic E-state index is -0.953. The van der Waals surface area contributed by atoms with E-state index in [9.17, 15) is 4.79 Å². The Hall–Kier alpha value is -0.770. The van der Waals surface area contributed by atoms with Crippen molar-refractivity contribution in [2.75, 3.05) is 0 Å². The smallest absolute Gasteiger partial charge is 0.312 e. The second kappa shape index (κ2) is 16.4. The van der Waals surface area contributed by atoms with Gasteiger partial charge in [-0.05, 0) is 200 Å². The van der Waals surface area contributed by atoms with Crippen molar-refractivity contribution in [3.05, 3.63) is 0 Å². The molecule has 2 atom stereocenters. The first kappa shape index (κ1) is 69.0. The first-order chi connectivity index (χ1) is 33.6. The van der Waals surface area contributed by atoms with Crippen molar-refractivity contribution in [3.8, 4) is 0 Å². The summed E-state index contributed by atoms with van der Waals surface area (Å²) in [5, 5.41) is 0. The molecule has 8 heteroatoms. The van der Waals surface area contributed by atoms with Gasteiger partial charge in [-0.2, -0.15) is 0 Å². The van der Waals surface area contributed by atoms with Gasteiger partial charge in [0.15, 0.2) is 0 Å². The maximum absolute atomic E-state index is 12.6. The fourth-order valence-corrected chi connectivity index (χ4v) is 22.4. The minimum absolute atomic E-state index is 0.0417. The topological polar surface area (TPSA) is 81.7 Å². The van der Waals surface area contributed by atoms with Gasteiger partial charge in [-0.15, -0.1) is 0 Å². The SMILES string of the molecule is CC1(C)C2(C)C(C)(C)C3(C)C(C)(C)C1(C)C(C)(C)C(C)(C2(C)C)C3(C)C.CC1(C)OC(C)(C)C(C)(C)C1(C)C.CC1(C)OC(C)(C)C2(C)C(C)(C)C(=O)OC2(C)C1(C)C.CC1(C)OC2(C)OC(C)(C)C(C)(C)OC2(C)OC1(C)C. The average molecular weight is 1110 g/mol. The highest BCUT2D eigenvalue weighted by Crippen LogP contribution is 3.00. The van der Waals surface area contributed by atoms with Gasteiger partial charge in [0.05, 0.1) is 55.6 Å². The molecule has 5 aliphatic heterocycles. The van der Waals surface area contributed by atoms with E-state index >= 15 is 0 Å². The fourth-order valence-electron chi connectivity index (χ4n) is 22.4. The van der Waals surface area contributed by atoms with E-state index in [-0.39, 0.29) is 93.2 Å². The zero-order valence-corrected chi connectivity index (χ0v) is 60.8. The Kier molecular flexibility index (Phi) is 14.4. The average Bonchev–Trinajstić information content (AvgIpc) is 3.40. The van der Waals surface area contributed by atoms with Gasteiger partial charge in [-0.1, -0.05) is 159 Å². The van der Waals surface area contributed by atoms with Gasteiger partial charge < -0.3 is 33.2 Å². The summed E-state index contributed by atoms with van der Waals surface area (Å²) >= 11 is 0. The minimum Gasteiger partial charge on any atom is -0.458 e. The second-order valence-electron chi connectivity index (χ2n) is 37.9. The molecule has 4 saturated carbocycles. The van der Waals surface area contributed by atoms with Crippen LogP contribution in [-0.4, -0.2) is 68.0 Å². The summed E-state index contributed by atoms with van der Waals surface area (Å²) in [5.74, 6) is -2.03. The van der Waals surface area contributed by atoms with Crippen molar-refractivity contribution in [2.45, 2.75) is 367 Å². The fraction of sp³-hybridized carbons (Fsp3) is 0.986. The van der Waals surface area contributed by atoms with Crippen molar-refractivity contribution in [2.24, 2.45) is 81.2 Å². The Morgan fingerprint density at radius 2 is 0.392 bits per heavy atom. The number of hydrogen-bond donors (Lipinski definition) is 0. The molecule has 0 aromatic heterocycles. The summed E-state index contributed by atoms with van der Waals surface area (Å²) in [5.41, 5.74) is -1.98. The molecule has 8 nitrogen and oxygen atoms in total. The van der Waals surface area contributed by atoms with Crippen LogP contribution in [0.5, 0.6) is 0 Å². The predicted molar refractivity (Wildman–Crippen MR) is 329 cm³/mol. The zero-order chi connectivity index (χ0) is 63.5. The lowest BCUT2D eigenvalue weighted by Gasteiger charge is -2.98. The second-order valence-corrected chi connectivity index (χ2v) is 37.9. The molecule has 9 aliphatic rings. The van der Waals surface area contributed by atoms with Gasteiger partial charge >= 0.3 is 5.97 Å². The molecule has 5 heterocycles. The summed E-state index contributed by atoms with van der Waals surface area (Å²) in [6.45, 7) is 101. The van der Waals surface area contributed by atoms with Crippen molar-refractivity contribution in [1.29, 1.82) is 0 Å². The lowest BCUT2D eigenvalue weighted by Crippen LogP contribution is -2.94. The molecule has 2 unspecified atom stereocenters. The molecule has 9 rings (SSSR count). The summed E-state index contributed by atoms with van der Waals surface area (Å²) in [7, 11) is 0. The number of carbonyl (C=O) groups excluding carboxylic acids is 1. The molecule has 0 N–H and O–H groups in total. The molecule has 4 aliphatic carbocycles. The number of fused-ring (bicyclic) bond motifs is 2. The van der Waals surface area contributed by atoms with Crippen molar-refractivity contribution < 1.29 is 38.0 Å². The molecular weight excluding hydrogens is 981 g/mol. The molecule has 4 bridgehead atoms. The number of esters is 1. The van der Waals surface area contributed by atoms with E-state index in [4.69, 9.17) is 33.2 Å². The van der Waals surface area contributed by atoms with E-state index in [0.717, 1.165) is 0 Å². The largest absolute Gasteiger partial charge is 0.458 e. The van der Waals surface area contributed by atoms with E-state index < -0.39 is 56.0 Å². The van der Waals surface area contributed by atoms with Crippen molar-refractivity contribution in [3.63, 3.8) is 0 Å². The normalized spacial score (nSPS) is 45.5. The van der Waals surface area contributed by atoms with E-state index in [1.54, 1.807) is 0 Å². The van der Waals surface area contributed by atoms with Gasteiger partial charge in [-0.25, -0.2) is 0 Å². The molecule has 0 radical (unpaired) electrons. The van der Waals surface area contributed by atoms with Crippen molar-refractivity contribution in [1.82, 2.24) is 0 Å². The monoisotopic (exact) mass is 1110 g/mol. The first-order valence-corrected chi connectivity index (χ1v) is 31.1. The highest BCUT2D eigenvalue weighted by atomic mass is 16.9. The molecule has 9 fully saturated rings. The summed E-state index contributed by atoms with van der Waals surface area (Å²) in [6, 6.07) is 0. The molecule has 79 heavy (non-hydrogen) atoms. The van der Waals surface area contributed by atoms with Crippen LogP contribution in [0, 0.1) is 81.2 Å². The Labute approximate surface area is 489 Å². The molecule has 0 spiro atoms. The Morgan fingerprint density at radius 3 is 0.582 bits per heavy atom. The highest BCUT2D eigenvalue weighted by molar-refractivity contribution is 5.81. The van der Waals surface area contributed by atoms with Gasteiger partial charge in [0, 0.05) is 16.2 Å². The van der Waals surface area contributed by atoms with Crippen LogP contribution in [0.2, 0.25) is 0 Å². The standard InChI is InChI=1S/C26H48.C17H30O3.C16H30O4.C12H24O/c1-17(2)23(13)18(3,4)25(15)20(7,8)24(17,14)21(9,10)26(16,19(23,5)6)22(25,11)12;1-12(2)11(18)19-17(10)13(3,4)14(5,6)20-15(7,8)16(12,17)9;1-11(2)12(3,4)18-16(10)15(9,17-11)19-13(5,6)14(7,8)20-16;1-9(2)10(3,4)12(7,8)13-11(9,5)6/h1-16H3;2*1-10H3;1-8H3. The van der Waals surface area contributed by atoms with E-state index in [1.165, 1.54) is 0 Å². The van der Waals surface area contributed by atoms with Crippen molar-refractivity contribution >= 4 is 5.97 Å². The van der Waals surface area contributed by atoms with Gasteiger partial charge in [0.25, 0.3) is 0 Å². The third kappa shape index (κ3) is 6.82. The molecule has 0 amide bonds. The number of hydrogen-bond acceptors (Lipinski definition) is 8. The Balaban J connectivity index is 0.000000199. The lowest BCUT2D eigenvalue weighted by atomic mass is 9.05. The third-order valence-corrected chi connectivity index (χ3v) is 33.0. The lowest BCUT2D eigenvalue weighted by molar-refractivity contribution is -0.550. The maximum atomic E-state index is 12.6. The first-order valence-electron chi connectivity index (χ1n) is 31.1. The van der Waals surface area contributed by atoms with Gasteiger partial charge in [0.2, 0.25) is 11.6 Å². The summed E-state index contributed by atoms with van der Waals surface area (Å²) < 4.78 is 44.1. The zero-order valence-electron chi connectivity index (χ0n) is 60.8. The summed E-state index contributed by atoms with van der Waals surface area (Å²) in [4.78, 5) is 12.6. The van der Waals surface area contributed by atoms with Crippen LogP contribution in [0.25, 0.3) is 0 Å². The number of rotatable bonds is 0.